The van der Waals surface area contributed by atoms with Gasteiger partial charge in [-0.15, -0.1) is 0 Å². The molecule has 3 aliphatic rings. The van der Waals surface area contributed by atoms with Crippen LogP contribution in [0.2, 0.25) is 0 Å². The summed E-state index contributed by atoms with van der Waals surface area (Å²) in [6.45, 7) is 11.2. The fourth-order valence-corrected chi connectivity index (χ4v) is 8.08. The van der Waals surface area contributed by atoms with Crippen LogP contribution in [0.3, 0.4) is 0 Å². The van der Waals surface area contributed by atoms with E-state index in [4.69, 9.17) is 9.47 Å². The van der Waals surface area contributed by atoms with Crippen molar-refractivity contribution < 1.29 is 22.7 Å². The third-order valence-corrected chi connectivity index (χ3v) is 11.0. The molecule has 2 aliphatic heterocycles. The van der Waals surface area contributed by atoms with Gasteiger partial charge < -0.3 is 19.7 Å². The zero-order chi connectivity index (χ0) is 28.0. The summed E-state index contributed by atoms with van der Waals surface area (Å²) in [6, 6.07) is 4.25. The lowest BCUT2D eigenvalue weighted by atomic mass is 9.87. The van der Waals surface area contributed by atoms with Crippen LogP contribution in [0, 0.1) is 19.8 Å². The summed E-state index contributed by atoms with van der Waals surface area (Å²) in [5.41, 5.74) is 1.28. The van der Waals surface area contributed by atoms with Crippen molar-refractivity contribution >= 4 is 15.9 Å². The molecule has 10 heteroatoms. The van der Waals surface area contributed by atoms with E-state index in [2.05, 4.69) is 15.1 Å². The Morgan fingerprint density at radius 2 is 1.64 bits per heavy atom. The minimum absolute atomic E-state index is 0.0763. The van der Waals surface area contributed by atoms with Crippen LogP contribution in [0.1, 0.15) is 56.1 Å². The Kier molecular flexibility index (Phi) is 10.7. The van der Waals surface area contributed by atoms with E-state index in [1.54, 1.807) is 40.1 Å². The number of piperidine rings is 1. The van der Waals surface area contributed by atoms with Crippen molar-refractivity contribution in [2.75, 3.05) is 66.6 Å². The first-order valence-electron chi connectivity index (χ1n) is 14.6. The molecular weight excluding hydrogens is 516 g/mol. The van der Waals surface area contributed by atoms with E-state index < -0.39 is 10.0 Å². The van der Waals surface area contributed by atoms with Crippen LogP contribution >= 0.6 is 0 Å². The summed E-state index contributed by atoms with van der Waals surface area (Å²) in [4.78, 5) is 18.2. The van der Waals surface area contributed by atoms with Gasteiger partial charge in [0.05, 0.1) is 25.2 Å². The molecule has 0 aromatic heterocycles. The quantitative estimate of drug-likeness (QED) is 0.467. The van der Waals surface area contributed by atoms with E-state index in [9.17, 15) is 13.2 Å². The smallest absolute Gasteiger partial charge is 0.243 e. The number of rotatable bonds is 10. The molecule has 3 fully saturated rings. The highest BCUT2D eigenvalue weighted by Gasteiger charge is 2.31. The highest BCUT2D eigenvalue weighted by atomic mass is 32.2. The highest BCUT2D eigenvalue weighted by Crippen LogP contribution is 2.29. The Labute approximate surface area is 235 Å². The Balaban J connectivity index is 1.16. The third kappa shape index (κ3) is 7.94. The molecule has 220 valence electrons. The number of benzene rings is 1. The number of carbonyl (C=O) groups is 1. The van der Waals surface area contributed by atoms with Gasteiger partial charge in [0.25, 0.3) is 0 Å². The average molecular weight is 565 g/mol. The first-order chi connectivity index (χ1) is 18.7. The number of hydrogen-bond donors (Lipinski definition) is 1. The molecule has 0 spiro atoms. The van der Waals surface area contributed by atoms with Gasteiger partial charge in [-0.2, -0.15) is 0 Å². The minimum atomic E-state index is -3.70. The number of aryl methyl sites for hydroxylation is 2. The topological polar surface area (TPSA) is 91.4 Å². The maximum absolute atomic E-state index is 13.2. The number of hydrogen-bond acceptors (Lipinski definition) is 7. The van der Waals surface area contributed by atoms with Gasteiger partial charge in [-0.1, -0.05) is 0 Å². The zero-order valence-electron chi connectivity index (χ0n) is 24.3. The van der Waals surface area contributed by atoms with Crippen LogP contribution in [0.5, 0.6) is 5.75 Å². The van der Waals surface area contributed by atoms with Crippen LogP contribution < -0.4 is 10.1 Å². The van der Waals surface area contributed by atoms with Gasteiger partial charge in [-0.3, -0.25) is 9.69 Å². The number of nitrogens with zero attached hydrogens (tertiary/aromatic N) is 3. The number of morpholine rings is 1. The molecule has 1 aromatic carbocycles. The van der Waals surface area contributed by atoms with Crippen LogP contribution in [0.4, 0.5) is 0 Å². The number of sulfonamides is 1. The molecule has 0 bridgehead atoms. The molecule has 0 radical (unpaired) electrons. The van der Waals surface area contributed by atoms with E-state index in [1.165, 1.54) is 36.8 Å². The predicted molar refractivity (Wildman–Crippen MR) is 153 cm³/mol. The van der Waals surface area contributed by atoms with E-state index in [1.807, 2.05) is 0 Å². The van der Waals surface area contributed by atoms with Crippen molar-refractivity contribution in [1.82, 2.24) is 19.4 Å². The van der Waals surface area contributed by atoms with Gasteiger partial charge >= 0.3 is 0 Å². The zero-order valence-corrected chi connectivity index (χ0v) is 25.1. The number of nitrogens with one attached hydrogen (secondary N) is 1. The van der Waals surface area contributed by atoms with Crippen LogP contribution in [-0.4, -0.2) is 107 Å². The fraction of sp³-hybridized carbons (Fsp3) is 0.759. The van der Waals surface area contributed by atoms with Gasteiger partial charge in [0, 0.05) is 51.7 Å². The maximum Gasteiger partial charge on any atom is 0.243 e. The molecule has 1 aliphatic carbocycles. The molecule has 1 amide bonds. The minimum Gasteiger partial charge on any atom is -0.497 e. The van der Waals surface area contributed by atoms with Crippen LogP contribution in [-0.2, 0) is 19.6 Å². The molecule has 4 rings (SSSR count). The molecule has 1 N–H and O–H groups in total. The highest BCUT2D eigenvalue weighted by molar-refractivity contribution is 7.89. The molecule has 2 heterocycles. The Hall–Kier alpha value is -1.72. The first kappa shape index (κ1) is 30.2. The molecule has 0 unspecified atom stereocenters. The van der Waals surface area contributed by atoms with Crippen LogP contribution in [0.25, 0.3) is 0 Å². The predicted octanol–water partition coefficient (Wildman–Crippen LogP) is 2.79. The summed E-state index contributed by atoms with van der Waals surface area (Å²) >= 11 is 0. The molecular formula is C29H48N4O5S. The standard InChI is InChI=1S/C29H48N4O5S/c1-22-19-27(37-4)20-23(2)29(22)39(35,36)31(3)12-11-28(34)30-25-5-7-26(8-6-25)33-13-9-24(10-14-33)21-32-15-17-38-18-16-32/h19-20,24-26H,5-18,21H2,1-4H3,(H,30,34)/t25-,26+. The largest absolute Gasteiger partial charge is 0.497 e. The summed E-state index contributed by atoms with van der Waals surface area (Å²) in [6.07, 6.45) is 6.92. The SMILES string of the molecule is COc1cc(C)c(S(=O)(=O)N(C)CCC(=O)N[C@H]2CC[C@@H](N3CCC(CN4CCOCC4)CC3)CC2)c(C)c1. The Bertz CT molecular complexity index is 1040. The summed E-state index contributed by atoms with van der Waals surface area (Å²) in [5.74, 6) is 1.36. The lowest BCUT2D eigenvalue weighted by Gasteiger charge is -2.42. The van der Waals surface area contributed by atoms with Crippen molar-refractivity contribution in [2.45, 2.75) is 75.8 Å². The van der Waals surface area contributed by atoms with Gasteiger partial charge in [-0.05, 0) is 94.6 Å². The number of ether oxygens (including phenoxy) is 2. The molecule has 2 saturated heterocycles. The number of amides is 1. The second kappa shape index (κ2) is 13.8. The first-order valence-corrected chi connectivity index (χ1v) is 16.1. The van der Waals surface area contributed by atoms with Crippen molar-refractivity contribution in [3.63, 3.8) is 0 Å². The lowest BCUT2D eigenvalue weighted by molar-refractivity contribution is -0.122. The van der Waals surface area contributed by atoms with Crippen molar-refractivity contribution in [3.8, 4) is 5.75 Å². The average Bonchev–Trinajstić information content (AvgIpc) is 2.92. The van der Waals surface area contributed by atoms with E-state index in [-0.39, 0.29) is 29.8 Å². The summed E-state index contributed by atoms with van der Waals surface area (Å²) in [7, 11) is -0.594. The third-order valence-electron chi connectivity index (χ3n) is 8.84. The molecule has 9 nitrogen and oxygen atoms in total. The summed E-state index contributed by atoms with van der Waals surface area (Å²) < 4.78 is 38.5. The van der Waals surface area contributed by atoms with Gasteiger partial charge in [0.2, 0.25) is 15.9 Å². The maximum atomic E-state index is 13.2. The van der Waals surface area contributed by atoms with Crippen molar-refractivity contribution in [1.29, 1.82) is 0 Å². The van der Waals surface area contributed by atoms with Gasteiger partial charge in [0.15, 0.2) is 0 Å². The fourth-order valence-electron chi connectivity index (χ4n) is 6.50. The van der Waals surface area contributed by atoms with E-state index in [0.717, 1.165) is 57.9 Å². The molecule has 39 heavy (non-hydrogen) atoms. The molecule has 0 atom stereocenters. The number of carbonyl (C=O) groups excluding carboxylic acids is 1. The molecule has 1 saturated carbocycles. The summed E-state index contributed by atoms with van der Waals surface area (Å²) in [5, 5.41) is 3.17. The number of likely N-dealkylation sites (tertiary alicyclic amines) is 1. The number of methoxy groups -OCH3 is 1. The van der Waals surface area contributed by atoms with Gasteiger partial charge in [0.1, 0.15) is 5.75 Å². The van der Waals surface area contributed by atoms with Crippen molar-refractivity contribution in [2.24, 2.45) is 5.92 Å². The van der Waals surface area contributed by atoms with Crippen molar-refractivity contribution in [3.05, 3.63) is 23.3 Å². The lowest BCUT2D eigenvalue weighted by Crippen LogP contribution is -2.48. The Morgan fingerprint density at radius 3 is 2.23 bits per heavy atom. The Morgan fingerprint density at radius 1 is 1.03 bits per heavy atom. The second-order valence-electron chi connectivity index (χ2n) is 11.6. The second-order valence-corrected chi connectivity index (χ2v) is 13.6. The normalized spacial score (nSPS) is 24.1. The van der Waals surface area contributed by atoms with E-state index >= 15 is 0 Å². The van der Waals surface area contributed by atoms with E-state index in [0.29, 0.717) is 22.9 Å². The van der Waals surface area contributed by atoms with Gasteiger partial charge in [-0.25, -0.2) is 12.7 Å². The molecule has 1 aromatic rings. The monoisotopic (exact) mass is 564 g/mol. The van der Waals surface area contributed by atoms with Crippen LogP contribution in [0.15, 0.2) is 17.0 Å².